The monoisotopic (exact) mass is 508 g/mol. The van der Waals surface area contributed by atoms with E-state index in [0.29, 0.717) is 48.9 Å². The maximum atomic E-state index is 13.4. The van der Waals surface area contributed by atoms with Crippen LogP contribution < -0.4 is 14.8 Å². The molecule has 0 aliphatic carbocycles. The van der Waals surface area contributed by atoms with E-state index in [4.69, 9.17) is 18.7 Å². The van der Waals surface area contributed by atoms with Gasteiger partial charge in [0.05, 0.1) is 25.9 Å². The van der Waals surface area contributed by atoms with Gasteiger partial charge in [-0.25, -0.2) is 0 Å². The fourth-order valence-electron chi connectivity index (χ4n) is 4.18. The van der Waals surface area contributed by atoms with E-state index in [1.807, 2.05) is 18.2 Å². The minimum absolute atomic E-state index is 0.0685. The van der Waals surface area contributed by atoms with Crippen LogP contribution in [0.5, 0.6) is 11.5 Å². The second-order valence-electron chi connectivity index (χ2n) is 8.70. The number of aromatic nitrogens is 2. The zero-order valence-corrected chi connectivity index (χ0v) is 21.1. The number of carbonyl (C=O) groups excluding carboxylic acids is 2. The molecule has 196 valence electrons. The number of nitrogens with one attached hydrogen (secondary N) is 1. The average Bonchev–Trinajstić information content (AvgIpc) is 3.63. The van der Waals surface area contributed by atoms with Crippen molar-refractivity contribution >= 4 is 11.8 Å². The summed E-state index contributed by atoms with van der Waals surface area (Å²) in [6, 6.07) is 12.6. The van der Waals surface area contributed by atoms with Crippen LogP contribution in [0, 0.1) is 0 Å². The van der Waals surface area contributed by atoms with E-state index < -0.39 is 0 Å². The molecule has 2 amide bonds. The topological polar surface area (TPSA) is 116 Å². The van der Waals surface area contributed by atoms with Gasteiger partial charge in [-0.2, -0.15) is 0 Å². The number of ether oxygens (including phenoxy) is 3. The van der Waals surface area contributed by atoms with Crippen LogP contribution in [0.2, 0.25) is 0 Å². The van der Waals surface area contributed by atoms with Crippen LogP contribution in [0.15, 0.2) is 53.2 Å². The van der Waals surface area contributed by atoms with E-state index in [-0.39, 0.29) is 36.6 Å². The van der Waals surface area contributed by atoms with Gasteiger partial charge in [-0.3, -0.25) is 14.6 Å². The maximum absolute atomic E-state index is 13.4. The molecule has 1 aliphatic rings. The molecule has 4 rings (SSSR count). The smallest absolute Gasteiger partial charge is 0.276 e. The summed E-state index contributed by atoms with van der Waals surface area (Å²) in [7, 11) is 3.12. The van der Waals surface area contributed by atoms with Gasteiger partial charge in [0, 0.05) is 57.0 Å². The average molecular weight is 509 g/mol. The fraction of sp³-hybridized carbons (Fsp3) is 0.407. The summed E-state index contributed by atoms with van der Waals surface area (Å²) in [5.74, 6) is 1.10. The Hall–Kier alpha value is -3.92. The van der Waals surface area contributed by atoms with Crippen molar-refractivity contribution in [3.63, 3.8) is 0 Å². The fourth-order valence-corrected chi connectivity index (χ4v) is 4.18. The summed E-state index contributed by atoms with van der Waals surface area (Å²) < 4.78 is 22.0. The Morgan fingerprint density at radius 2 is 2.05 bits per heavy atom. The summed E-state index contributed by atoms with van der Waals surface area (Å²) in [4.78, 5) is 31.8. The van der Waals surface area contributed by atoms with Crippen molar-refractivity contribution in [3.8, 4) is 22.8 Å². The molecule has 37 heavy (non-hydrogen) atoms. The van der Waals surface area contributed by atoms with Crippen molar-refractivity contribution in [2.75, 3.05) is 40.5 Å². The summed E-state index contributed by atoms with van der Waals surface area (Å²) in [5, 5.41) is 6.92. The number of rotatable bonds is 12. The Bertz CT molecular complexity index is 1180. The Kier molecular flexibility index (Phi) is 9.09. The van der Waals surface area contributed by atoms with Gasteiger partial charge in [0.2, 0.25) is 5.91 Å². The van der Waals surface area contributed by atoms with Gasteiger partial charge >= 0.3 is 0 Å². The first-order valence-electron chi connectivity index (χ1n) is 12.3. The lowest BCUT2D eigenvalue weighted by molar-refractivity contribution is -0.121. The Morgan fingerprint density at radius 3 is 2.78 bits per heavy atom. The van der Waals surface area contributed by atoms with E-state index in [0.717, 1.165) is 18.5 Å². The molecule has 0 saturated carbocycles. The molecule has 1 unspecified atom stereocenters. The molecule has 0 radical (unpaired) electrons. The number of amides is 2. The zero-order valence-electron chi connectivity index (χ0n) is 21.1. The minimum atomic E-state index is -0.325. The molecular formula is C27H32N4O6. The molecule has 1 N–H and O–H groups in total. The molecule has 1 aliphatic heterocycles. The highest BCUT2D eigenvalue weighted by Gasteiger charge is 2.26. The van der Waals surface area contributed by atoms with Crippen LogP contribution in [0.25, 0.3) is 11.3 Å². The molecule has 1 saturated heterocycles. The Labute approximate surface area is 215 Å². The molecule has 3 heterocycles. The SMILES string of the molecule is COc1ccc(OC)c(-c2cc(C(=O)N(CCC(=O)NCCc3ccccn3)CC3CCCO3)no2)c1. The van der Waals surface area contributed by atoms with Crippen LogP contribution in [0.1, 0.15) is 35.4 Å². The first kappa shape index (κ1) is 26.2. The van der Waals surface area contributed by atoms with E-state index in [9.17, 15) is 9.59 Å². The zero-order chi connectivity index (χ0) is 26.0. The quantitative estimate of drug-likeness (QED) is 0.397. The van der Waals surface area contributed by atoms with Crippen molar-refractivity contribution in [2.45, 2.75) is 31.8 Å². The molecular weight excluding hydrogens is 476 g/mol. The number of pyridine rings is 1. The van der Waals surface area contributed by atoms with Crippen LogP contribution >= 0.6 is 0 Å². The van der Waals surface area contributed by atoms with Gasteiger partial charge in [0.1, 0.15) is 11.5 Å². The third-order valence-electron chi connectivity index (χ3n) is 6.17. The third-order valence-corrected chi connectivity index (χ3v) is 6.17. The summed E-state index contributed by atoms with van der Waals surface area (Å²) >= 11 is 0. The van der Waals surface area contributed by atoms with Gasteiger partial charge in [0.25, 0.3) is 5.91 Å². The normalized spacial score (nSPS) is 14.8. The number of benzene rings is 1. The van der Waals surface area contributed by atoms with Crippen molar-refractivity contribution in [1.82, 2.24) is 20.4 Å². The molecule has 1 aromatic carbocycles. The highest BCUT2D eigenvalue weighted by Crippen LogP contribution is 2.34. The summed E-state index contributed by atoms with van der Waals surface area (Å²) in [6.07, 6.45) is 4.28. The van der Waals surface area contributed by atoms with E-state index >= 15 is 0 Å². The number of methoxy groups -OCH3 is 2. The first-order chi connectivity index (χ1) is 18.1. The van der Waals surface area contributed by atoms with Crippen LogP contribution in [-0.2, 0) is 16.0 Å². The number of hydrogen-bond acceptors (Lipinski definition) is 8. The summed E-state index contributed by atoms with van der Waals surface area (Å²) in [6.45, 7) is 1.76. The predicted octanol–water partition coefficient (Wildman–Crippen LogP) is 3.12. The predicted molar refractivity (Wildman–Crippen MR) is 135 cm³/mol. The van der Waals surface area contributed by atoms with Gasteiger partial charge in [-0.15, -0.1) is 0 Å². The highest BCUT2D eigenvalue weighted by atomic mass is 16.5. The van der Waals surface area contributed by atoms with Crippen molar-refractivity contribution in [2.24, 2.45) is 0 Å². The maximum Gasteiger partial charge on any atom is 0.276 e. The lowest BCUT2D eigenvalue weighted by atomic mass is 10.1. The number of hydrogen-bond donors (Lipinski definition) is 1. The van der Waals surface area contributed by atoms with E-state index in [1.165, 1.54) is 0 Å². The van der Waals surface area contributed by atoms with Gasteiger partial charge in [-0.1, -0.05) is 11.2 Å². The summed E-state index contributed by atoms with van der Waals surface area (Å²) in [5.41, 5.74) is 1.67. The highest BCUT2D eigenvalue weighted by molar-refractivity contribution is 5.93. The minimum Gasteiger partial charge on any atom is -0.497 e. The standard InChI is InChI=1S/C27H32N4O6/c1-34-20-8-9-24(35-2)22(16-20)25-17-23(30-37-25)27(33)31(18-21-7-5-15-36-21)14-11-26(32)29-13-10-19-6-3-4-12-28-19/h3-4,6,8-9,12,16-17,21H,5,7,10-11,13-15,18H2,1-2H3,(H,29,32). The Morgan fingerprint density at radius 1 is 1.16 bits per heavy atom. The molecule has 0 bridgehead atoms. The Balaban J connectivity index is 1.41. The lowest BCUT2D eigenvalue weighted by Gasteiger charge is -2.24. The lowest BCUT2D eigenvalue weighted by Crippen LogP contribution is -2.40. The molecule has 3 aromatic rings. The molecule has 1 atom stereocenters. The van der Waals surface area contributed by atoms with Gasteiger partial charge in [0.15, 0.2) is 11.5 Å². The van der Waals surface area contributed by atoms with Crippen LogP contribution in [0.4, 0.5) is 0 Å². The van der Waals surface area contributed by atoms with Crippen molar-refractivity contribution in [1.29, 1.82) is 0 Å². The van der Waals surface area contributed by atoms with Crippen molar-refractivity contribution in [3.05, 3.63) is 60.0 Å². The molecule has 10 heteroatoms. The van der Waals surface area contributed by atoms with E-state index in [1.54, 1.807) is 49.6 Å². The first-order valence-corrected chi connectivity index (χ1v) is 12.3. The van der Waals surface area contributed by atoms with Gasteiger partial charge < -0.3 is 29.0 Å². The molecule has 0 spiro atoms. The molecule has 2 aromatic heterocycles. The van der Waals surface area contributed by atoms with Crippen LogP contribution in [0.3, 0.4) is 0 Å². The third kappa shape index (κ3) is 7.07. The van der Waals surface area contributed by atoms with Crippen LogP contribution in [-0.4, -0.2) is 73.4 Å². The van der Waals surface area contributed by atoms with E-state index in [2.05, 4.69) is 15.5 Å². The second kappa shape index (κ2) is 12.9. The largest absolute Gasteiger partial charge is 0.497 e. The number of nitrogens with zero attached hydrogens (tertiary/aromatic N) is 3. The number of carbonyl (C=O) groups is 2. The molecule has 10 nitrogen and oxygen atoms in total. The molecule has 1 fully saturated rings. The van der Waals surface area contributed by atoms with Gasteiger partial charge in [-0.05, 0) is 43.2 Å². The van der Waals surface area contributed by atoms with Crippen molar-refractivity contribution < 1.29 is 28.3 Å². The second-order valence-corrected chi connectivity index (χ2v) is 8.70.